The van der Waals surface area contributed by atoms with E-state index in [1.165, 1.54) is 34.4 Å². The van der Waals surface area contributed by atoms with Crippen molar-refractivity contribution in [2.75, 3.05) is 0 Å². The van der Waals surface area contributed by atoms with Gasteiger partial charge < -0.3 is 4.42 Å². The van der Waals surface area contributed by atoms with Crippen LogP contribution in [0.5, 0.6) is 0 Å². The maximum absolute atomic E-state index is 13.2. The minimum Gasteiger partial charge on any atom is -0.453 e. The van der Waals surface area contributed by atoms with Crippen molar-refractivity contribution in [2.24, 2.45) is 0 Å². The summed E-state index contributed by atoms with van der Waals surface area (Å²) in [6, 6.07) is 14.9. The summed E-state index contributed by atoms with van der Waals surface area (Å²) in [5, 5.41) is 3.06. The Kier molecular flexibility index (Phi) is 4.10. The van der Waals surface area contributed by atoms with Crippen LogP contribution in [0.4, 0.5) is 4.39 Å². The van der Waals surface area contributed by atoms with Crippen LogP contribution in [0.2, 0.25) is 0 Å². The van der Waals surface area contributed by atoms with Gasteiger partial charge in [-0.2, -0.15) is 0 Å². The number of ketones is 1. The normalized spacial score (nSPS) is 11.3. The third-order valence-electron chi connectivity index (χ3n) is 4.73. The number of Topliss-reactive ketones (excluding diaryl/α,β-unsaturated/α-hetero) is 1. The van der Waals surface area contributed by atoms with E-state index in [4.69, 9.17) is 4.42 Å². The van der Waals surface area contributed by atoms with Crippen molar-refractivity contribution < 1.29 is 13.6 Å². The van der Waals surface area contributed by atoms with E-state index in [-0.39, 0.29) is 29.5 Å². The van der Waals surface area contributed by atoms with E-state index >= 15 is 0 Å². The summed E-state index contributed by atoms with van der Waals surface area (Å²) in [4.78, 5) is 30.6. The molecule has 142 valence electrons. The summed E-state index contributed by atoms with van der Waals surface area (Å²) >= 11 is 1.33. The van der Waals surface area contributed by atoms with Crippen LogP contribution >= 0.6 is 11.3 Å². The molecule has 0 saturated carbocycles. The highest BCUT2D eigenvalue weighted by atomic mass is 32.1. The number of nitrogens with zero attached hydrogens (tertiary/aromatic N) is 2. The van der Waals surface area contributed by atoms with Crippen LogP contribution < -0.4 is 5.56 Å². The average molecular weight is 404 g/mol. The Morgan fingerprint density at radius 1 is 1.14 bits per heavy atom. The van der Waals surface area contributed by atoms with Gasteiger partial charge in [0, 0.05) is 16.3 Å². The maximum Gasteiger partial charge on any atom is 0.263 e. The average Bonchev–Trinajstić information content (AvgIpc) is 3.35. The standard InChI is InChI=1S/C22H13FN2O3S/c23-15-7-5-13(6-8-15)16-11-29-21-20(16)22(27)25(12-24-21)10-17(26)19-9-14-3-1-2-4-18(14)28-19/h1-9,11-12H,10H2. The molecule has 29 heavy (non-hydrogen) atoms. The SMILES string of the molecule is O=C(Cn1cnc2scc(-c3ccc(F)cc3)c2c1=O)c1cc2ccccc2o1. The Morgan fingerprint density at radius 2 is 1.93 bits per heavy atom. The molecule has 2 aromatic carbocycles. The number of carbonyl (C=O) groups is 1. The Bertz CT molecular complexity index is 1400. The summed E-state index contributed by atoms with van der Waals surface area (Å²) < 4.78 is 20.1. The second kappa shape index (κ2) is 6.79. The van der Waals surface area contributed by atoms with Crippen LogP contribution in [0.25, 0.3) is 32.3 Å². The van der Waals surface area contributed by atoms with E-state index in [1.807, 2.05) is 23.6 Å². The number of hydrogen-bond donors (Lipinski definition) is 0. The summed E-state index contributed by atoms with van der Waals surface area (Å²) in [6.45, 7) is -0.180. The Labute approximate surface area is 167 Å². The quantitative estimate of drug-likeness (QED) is 0.400. The number of benzene rings is 2. The predicted molar refractivity (Wildman–Crippen MR) is 110 cm³/mol. The lowest BCUT2D eigenvalue weighted by molar-refractivity contribution is 0.0945. The third-order valence-corrected chi connectivity index (χ3v) is 5.62. The van der Waals surface area contributed by atoms with Crippen LogP contribution in [-0.2, 0) is 6.54 Å². The number of fused-ring (bicyclic) bond motifs is 2. The number of hydrogen-bond acceptors (Lipinski definition) is 5. The van der Waals surface area contributed by atoms with Crippen molar-refractivity contribution >= 4 is 38.3 Å². The van der Waals surface area contributed by atoms with Crippen molar-refractivity contribution in [3.63, 3.8) is 0 Å². The van der Waals surface area contributed by atoms with Gasteiger partial charge in [-0.1, -0.05) is 30.3 Å². The summed E-state index contributed by atoms with van der Waals surface area (Å²) in [5.41, 5.74) is 1.69. The zero-order chi connectivity index (χ0) is 20.0. The molecule has 0 bridgehead atoms. The highest BCUT2D eigenvalue weighted by molar-refractivity contribution is 7.17. The Hall–Kier alpha value is -3.58. The molecule has 0 aliphatic heterocycles. The van der Waals surface area contributed by atoms with Crippen molar-refractivity contribution in [3.8, 4) is 11.1 Å². The van der Waals surface area contributed by atoms with Gasteiger partial charge in [0.1, 0.15) is 16.2 Å². The molecule has 0 N–H and O–H groups in total. The molecule has 0 aliphatic rings. The fourth-order valence-corrected chi connectivity index (χ4v) is 4.18. The fourth-order valence-electron chi connectivity index (χ4n) is 3.27. The van der Waals surface area contributed by atoms with Crippen molar-refractivity contribution in [1.29, 1.82) is 0 Å². The second-order valence-corrected chi connectivity index (χ2v) is 7.44. The van der Waals surface area contributed by atoms with E-state index < -0.39 is 0 Å². The van der Waals surface area contributed by atoms with Crippen LogP contribution in [-0.4, -0.2) is 15.3 Å². The molecule has 0 radical (unpaired) electrons. The van der Waals surface area contributed by atoms with E-state index in [0.717, 1.165) is 10.9 Å². The largest absolute Gasteiger partial charge is 0.453 e. The molecule has 3 aromatic heterocycles. The second-order valence-electron chi connectivity index (χ2n) is 6.59. The number of aromatic nitrogens is 2. The summed E-state index contributed by atoms with van der Waals surface area (Å²) in [6.07, 6.45) is 1.37. The van der Waals surface area contributed by atoms with Gasteiger partial charge in [0.05, 0.1) is 18.3 Å². The lowest BCUT2D eigenvalue weighted by atomic mass is 10.1. The molecule has 5 rings (SSSR count). The van der Waals surface area contributed by atoms with Gasteiger partial charge in [-0.3, -0.25) is 14.2 Å². The van der Waals surface area contributed by atoms with Crippen molar-refractivity contribution in [3.05, 3.63) is 88.2 Å². The highest BCUT2D eigenvalue weighted by Crippen LogP contribution is 2.30. The highest BCUT2D eigenvalue weighted by Gasteiger charge is 2.17. The van der Waals surface area contributed by atoms with Gasteiger partial charge in [-0.15, -0.1) is 11.3 Å². The summed E-state index contributed by atoms with van der Waals surface area (Å²) in [7, 11) is 0. The minimum absolute atomic E-state index is 0.180. The number of thiophene rings is 1. The molecule has 0 amide bonds. The number of rotatable bonds is 4. The van der Waals surface area contributed by atoms with Crippen molar-refractivity contribution in [1.82, 2.24) is 9.55 Å². The molecule has 3 heterocycles. The third kappa shape index (κ3) is 3.05. The molecule has 0 aliphatic carbocycles. The molecule has 7 heteroatoms. The van der Waals surface area contributed by atoms with E-state index in [1.54, 1.807) is 24.3 Å². The first-order chi connectivity index (χ1) is 14.1. The Balaban J connectivity index is 1.54. The molecule has 0 spiro atoms. The van der Waals surface area contributed by atoms with Gasteiger partial charge in [0.25, 0.3) is 5.56 Å². The maximum atomic E-state index is 13.2. The molecule has 5 aromatic rings. The summed E-state index contributed by atoms with van der Waals surface area (Å²) in [5.74, 6) is -0.467. The predicted octanol–water partition coefficient (Wildman–Crippen LogP) is 4.89. The first-order valence-electron chi connectivity index (χ1n) is 8.84. The molecule has 0 saturated heterocycles. The lowest BCUT2D eigenvalue weighted by Crippen LogP contribution is -2.24. The first-order valence-corrected chi connectivity index (χ1v) is 9.72. The van der Waals surface area contributed by atoms with E-state index in [2.05, 4.69) is 4.98 Å². The number of furan rings is 1. The minimum atomic E-state index is -0.347. The number of carbonyl (C=O) groups excluding carboxylic acids is 1. The smallest absolute Gasteiger partial charge is 0.263 e. The zero-order valence-electron chi connectivity index (χ0n) is 15.0. The molecule has 5 nitrogen and oxygen atoms in total. The first kappa shape index (κ1) is 17.5. The Morgan fingerprint density at radius 3 is 2.72 bits per heavy atom. The van der Waals surface area contributed by atoms with Crippen molar-refractivity contribution in [2.45, 2.75) is 6.54 Å². The zero-order valence-corrected chi connectivity index (χ0v) is 15.8. The van der Waals surface area contributed by atoms with Crippen LogP contribution in [0.15, 0.2) is 75.5 Å². The van der Waals surface area contributed by atoms with E-state index in [9.17, 15) is 14.0 Å². The molecule has 0 fully saturated rings. The monoisotopic (exact) mass is 404 g/mol. The number of para-hydroxylation sites is 1. The van der Waals surface area contributed by atoms with E-state index in [0.29, 0.717) is 21.4 Å². The topological polar surface area (TPSA) is 65.1 Å². The fraction of sp³-hybridized carbons (Fsp3) is 0.0455. The van der Waals surface area contributed by atoms with Crippen LogP contribution in [0, 0.1) is 5.82 Å². The molecular weight excluding hydrogens is 391 g/mol. The van der Waals surface area contributed by atoms with Crippen LogP contribution in [0.1, 0.15) is 10.6 Å². The van der Waals surface area contributed by atoms with Gasteiger partial charge >= 0.3 is 0 Å². The van der Waals surface area contributed by atoms with Gasteiger partial charge in [-0.05, 0) is 29.8 Å². The van der Waals surface area contributed by atoms with Gasteiger partial charge in [0.2, 0.25) is 5.78 Å². The molecule has 0 atom stereocenters. The molecular formula is C22H13FN2O3S. The van der Waals surface area contributed by atoms with Crippen LogP contribution in [0.3, 0.4) is 0 Å². The lowest BCUT2D eigenvalue weighted by Gasteiger charge is -2.05. The van der Waals surface area contributed by atoms with Gasteiger partial charge in [-0.25, -0.2) is 9.37 Å². The molecule has 0 unspecified atom stereocenters. The van der Waals surface area contributed by atoms with Gasteiger partial charge in [0.15, 0.2) is 5.76 Å². The number of halogens is 1.